The molecule has 0 spiro atoms. The van der Waals surface area contributed by atoms with Gasteiger partial charge in [0.25, 0.3) is 0 Å². The summed E-state index contributed by atoms with van der Waals surface area (Å²) in [5.74, 6) is -0.952. The maximum Gasteiger partial charge on any atom is 0.337 e. The van der Waals surface area contributed by atoms with Crippen LogP contribution in [0.5, 0.6) is 0 Å². The van der Waals surface area contributed by atoms with Gasteiger partial charge in [0.2, 0.25) is 0 Å². The van der Waals surface area contributed by atoms with Gasteiger partial charge < -0.3 is 9.84 Å². The second kappa shape index (κ2) is 5.15. The van der Waals surface area contributed by atoms with E-state index in [0.29, 0.717) is 6.61 Å². The predicted octanol–water partition coefficient (Wildman–Crippen LogP) is 3.06. The number of carbonyl (C=O) groups is 1. The lowest BCUT2D eigenvalue weighted by Gasteiger charge is -2.23. The molecule has 1 aliphatic heterocycles. The van der Waals surface area contributed by atoms with E-state index in [9.17, 15) is 9.90 Å². The second-order valence-corrected chi connectivity index (χ2v) is 5.72. The first kappa shape index (κ1) is 13.4. The number of aromatic nitrogens is 2. The number of carboxylic acids is 1. The zero-order chi connectivity index (χ0) is 15.1. The molecular weight excluding hydrogens is 300 g/mol. The van der Waals surface area contributed by atoms with Gasteiger partial charge in [-0.1, -0.05) is 24.3 Å². The van der Waals surface area contributed by atoms with E-state index in [4.69, 9.17) is 4.74 Å². The Bertz CT molecular complexity index is 875. The zero-order valence-corrected chi connectivity index (χ0v) is 12.3. The van der Waals surface area contributed by atoms with Crippen LogP contribution in [-0.4, -0.2) is 26.4 Å². The predicted molar refractivity (Wildman–Crippen MR) is 82.9 cm³/mol. The third kappa shape index (κ3) is 2.08. The van der Waals surface area contributed by atoms with Crippen LogP contribution >= 0.6 is 11.7 Å². The van der Waals surface area contributed by atoms with Crippen LogP contribution in [0.2, 0.25) is 0 Å². The lowest BCUT2D eigenvalue weighted by atomic mass is 9.92. The van der Waals surface area contributed by atoms with Gasteiger partial charge in [-0.3, -0.25) is 0 Å². The molecule has 0 bridgehead atoms. The van der Waals surface area contributed by atoms with Crippen LogP contribution in [0.25, 0.3) is 22.2 Å². The molecule has 1 unspecified atom stereocenters. The van der Waals surface area contributed by atoms with Gasteiger partial charge in [0.1, 0.15) is 11.0 Å². The Morgan fingerprint density at radius 1 is 1.27 bits per heavy atom. The van der Waals surface area contributed by atoms with Crippen molar-refractivity contribution in [3.05, 3.63) is 47.5 Å². The topological polar surface area (TPSA) is 72.3 Å². The summed E-state index contributed by atoms with van der Waals surface area (Å²) in [6.07, 6.45) is -0.154. The zero-order valence-electron chi connectivity index (χ0n) is 11.5. The molecule has 0 fully saturated rings. The molecule has 0 radical (unpaired) electrons. The van der Waals surface area contributed by atoms with E-state index in [0.717, 1.165) is 39.7 Å². The van der Waals surface area contributed by atoms with Gasteiger partial charge in [0.05, 0.1) is 18.3 Å². The molecule has 1 N–H and O–H groups in total. The highest BCUT2D eigenvalue weighted by atomic mass is 32.1. The lowest BCUT2D eigenvalue weighted by molar-refractivity contribution is -0.151. The van der Waals surface area contributed by atoms with Crippen molar-refractivity contribution in [3.8, 4) is 11.1 Å². The van der Waals surface area contributed by atoms with E-state index in [2.05, 4.69) is 8.75 Å². The summed E-state index contributed by atoms with van der Waals surface area (Å²) in [6, 6.07) is 11.7. The van der Waals surface area contributed by atoms with E-state index in [1.807, 2.05) is 36.4 Å². The van der Waals surface area contributed by atoms with Crippen molar-refractivity contribution in [2.24, 2.45) is 0 Å². The number of benzene rings is 2. The maximum absolute atomic E-state index is 11.4. The summed E-state index contributed by atoms with van der Waals surface area (Å²) in [6.45, 7) is 0.439. The molecule has 0 amide bonds. The molecule has 0 aliphatic carbocycles. The molecule has 1 aromatic heterocycles. The van der Waals surface area contributed by atoms with Gasteiger partial charge in [0.15, 0.2) is 6.10 Å². The number of rotatable bonds is 2. The first-order valence-electron chi connectivity index (χ1n) is 6.93. The summed E-state index contributed by atoms with van der Waals surface area (Å²) in [7, 11) is 0. The summed E-state index contributed by atoms with van der Waals surface area (Å²) in [5, 5.41) is 9.34. The Hall–Kier alpha value is -2.31. The van der Waals surface area contributed by atoms with Crippen LogP contribution in [-0.2, 0) is 16.0 Å². The minimum atomic E-state index is -0.952. The maximum atomic E-state index is 11.4. The third-order valence-corrected chi connectivity index (χ3v) is 4.45. The highest BCUT2D eigenvalue weighted by Crippen LogP contribution is 2.34. The summed E-state index contributed by atoms with van der Waals surface area (Å²) >= 11 is 1.18. The van der Waals surface area contributed by atoms with Gasteiger partial charge in [-0.25, -0.2) is 4.79 Å². The van der Waals surface area contributed by atoms with Crippen LogP contribution in [0.1, 0.15) is 17.2 Å². The first-order valence-corrected chi connectivity index (χ1v) is 7.66. The lowest BCUT2D eigenvalue weighted by Crippen LogP contribution is -2.23. The first-order chi connectivity index (χ1) is 10.7. The smallest absolute Gasteiger partial charge is 0.337 e. The Morgan fingerprint density at radius 2 is 2.18 bits per heavy atom. The largest absolute Gasteiger partial charge is 0.479 e. The van der Waals surface area contributed by atoms with Crippen molar-refractivity contribution in [1.82, 2.24) is 8.75 Å². The monoisotopic (exact) mass is 312 g/mol. The number of aliphatic carboxylic acids is 1. The van der Waals surface area contributed by atoms with Crippen molar-refractivity contribution >= 4 is 28.7 Å². The normalized spacial score (nSPS) is 17.4. The fraction of sp³-hybridized carbons (Fsp3) is 0.188. The van der Waals surface area contributed by atoms with E-state index in [-0.39, 0.29) is 0 Å². The minimum absolute atomic E-state index is 0.439. The fourth-order valence-corrected chi connectivity index (χ4v) is 3.40. The number of hydrogen-bond donors (Lipinski definition) is 1. The van der Waals surface area contributed by atoms with E-state index in [1.54, 1.807) is 0 Å². The third-order valence-electron chi connectivity index (χ3n) is 3.91. The molecule has 3 aromatic rings. The Kier molecular flexibility index (Phi) is 3.13. The van der Waals surface area contributed by atoms with Crippen molar-refractivity contribution in [2.75, 3.05) is 6.61 Å². The van der Waals surface area contributed by atoms with Gasteiger partial charge in [-0.05, 0) is 35.2 Å². The number of carboxylic acid groups (broad SMARTS) is 1. The highest BCUT2D eigenvalue weighted by molar-refractivity contribution is 7.00. The molecule has 0 saturated heterocycles. The standard InChI is InChI=1S/C16H12N2O3S/c19-16(20)15-12-8-10(5-4-9(12)6-7-21-15)11-2-1-3-13-14(11)18-22-17-13/h1-5,8,15H,6-7H2,(H,19,20). The van der Waals surface area contributed by atoms with Gasteiger partial charge in [-0.2, -0.15) is 8.75 Å². The van der Waals surface area contributed by atoms with Gasteiger partial charge >= 0.3 is 5.97 Å². The molecule has 1 aliphatic rings. The van der Waals surface area contributed by atoms with Crippen LogP contribution < -0.4 is 0 Å². The number of fused-ring (bicyclic) bond motifs is 2. The Morgan fingerprint density at radius 3 is 3.05 bits per heavy atom. The van der Waals surface area contributed by atoms with Crippen LogP contribution in [0, 0.1) is 0 Å². The molecular formula is C16H12N2O3S. The fourth-order valence-electron chi connectivity index (χ4n) is 2.85. The SMILES string of the molecule is O=C(O)C1OCCc2ccc(-c3cccc4nsnc34)cc21. The Labute approximate surface area is 130 Å². The van der Waals surface area contributed by atoms with Crippen molar-refractivity contribution in [2.45, 2.75) is 12.5 Å². The minimum Gasteiger partial charge on any atom is -0.479 e. The molecule has 4 rings (SSSR count). The number of hydrogen-bond acceptors (Lipinski definition) is 5. The summed E-state index contributed by atoms with van der Waals surface area (Å²) in [5.41, 5.74) is 5.36. The number of ether oxygens (including phenoxy) is 1. The molecule has 110 valence electrons. The summed E-state index contributed by atoms with van der Waals surface area (Å²) < 4.78 is 14.0. The van der Waals surface area contributed by atoms with E-state index < -0.39 is 12.1 Å². The van der Waals surface area contributed by atoms with Crippen molar-refractivity contribution < 1.29 is 14.6 Å². The quantitative estimate of drug-likeness (QED) is 0.787. The van der Waals surface area contributed by atoms with Crippen molar-refractivity contribution in [3.63, 3.8) is 0 Å². The second-order valence-electron chi connectivity index (χ2n) is 5.19. The van der Waals surface area contributed by atoms with Crippen LogP contribution in [0.15, 0.2) is 36.4 Å². The molecule has 0 saturated carbocycles. The molecule has 5 nitrogen and oxygen atoms in total. The van der Waals surface area contributed by atoms with Gasteiger partial charge in [0, 0.05) is 5.56 Å². The van der Waals surface area contributed by atoms with Crippen LogP contribution in [0.4, 0.5) is 0 Å². The summed E-state index contributed by atoms with van der Waals surface area (Å²) in [4.78, 5) is 11.4. The van der Waals surface area contributed by atoms with E-state index >= 15 is 0 Å². The average Bonchev–Trinajstić information content (AvgIpc) is 3.02. The molecule has 22 heavy (non-hydrogen) atoms. The molecule has 2 heterocycles. The van der Waals surface area contributed by atoms with Gasteiger partial charge in [-0.15, -0.1) is 0 Å². The molecule has 2 aromatic carbocycles. The van der Waals surface area contributed by atoms with Crippen LogP contribution in [0.3, 0.4) is 0 Å². The molecule has 1 atom stereocenters. The van der Waals surface area contributed by atoms with E-state index in [1.165, 1.54) is 11.7 Å². The highest BCUT2D eigenvalue weighted by Gasteiger charge is 2.27. The average molecular weight is 312 g/mol. The Balaban J connectivity index is 1.89. The molecule has 6 heteroatoms. The number of nitrogens with zero attached hydrogens (tertiary/aromatic N) is 2. The van der Waals surface area contributed by atoms with Crippen molar-refractivity contribution in [1.29, 1.82) is 0 Å².